The first kappa shape index (κ1) is 16.1. The van der Waals surface area contributed by atoms with Gasteiger partial charge in [-0.2, -0.15) is 13.2 Å². The number of alkyl halides is 3. The maximum Gasteiger partial charge on any atom is 0.401 e. The van der Waals surface area contributed by atoms with E-state index in [1.54, 1.807) is 0 Å². The fourth-order valence-electron chi connectivity index (χ4n) is 3.17. The minimum Gasteiger partial charge on any atom is -0.481 e. The summed E-state index contributed by atoms with van der Waals surface area (Å²) in [5.41, 5.74) is 0. The molecule has 0 radical (unpaired) electrons. The van der Waals surface area contributed by atoms with E-state index in [0.29, 0.717) is 19.3 Å². The number of amides is 1. The van der Waals surface area contributed by atoms with Crippen molar-refractivity contribution < 1.29 is 27.9 Å². The predicted molar refractivity (Wildman–Crippen MR) is 67.5 cm³/mol. The van der Waals surface area contributed by atoms with Crippen LogP contribution in [0.25, 0.3) is 0 Å². The lowest BCUT2D eigenvalue weighted by atomic mass is 9.94. The Morgan fingerprint density at radius 2 is 1.62 bits per heavy atom. The van der Waals surface area contributed by atoms with Crippen LogP contribution >= 0.6 is 0 Å². The largest absolute Gasteiger partial charge is 0.481 e. The van der Waals surface area contributed by atoms with E-state index in [-0.39, 0.29) is 32.1 Å². The molecule has 1 aliphatic heterocycles. The van der Waals surface area contributed by atoms with E-state index in [9.17, 15) is 22.8 Å². The number of carbonyl (C=O) groups is 2. The molecular weight excluding hydrogens is 289 g/mol. The van der Waals surface area contributed by atoms with Gasteiger partial charge in [0.15, 0.2) is 0 Å². The third-order valence-electron chi connectivity index (χ3n) is 4.24. The molecule has 120 valence electrons. The van der Waals surface area contributed by atoms with Gasteiger partial charge in [-0.1, -0.05) is 6.42 Å². The molecule has 1 amide bonds. The highest BCUT2D eigenvalue weighted by atomic mass is 19.4. The minimum atomic E-state index is -4.23. The molecule has 2 fully saturated rings. The smallest absolute Gasteiger partial charge is 0.401 e. The first-order valence-corrected chi connectivity index (χ1v) is 7.08. The molecule has 8 heteroatoms. The van der Waals surface area contributed by atoms with Gasteiger partial charge in [-0.05, 0) is 12.8 Å². The number of nitrogens with zero attached hydrogens (tertiary/aromatic N) is 2. The third kappa shape index (κ3) is 4.09. The Hall–Kier alpha value is -1.31. The van der Waals surface area contributed by atoms with E-state index in [2.05, 4.69) is 0 Å². The van der Waals surface area contributed by atoms with Crippen LogP contribution in [0.5, 0.6) is 0 Å². The van der Waals surface area contributed by atoms with Crippen LogP contribution in [-0.4, -0.2) is 65.7 Å². The van der Waals surface area contributed by atoms with Crippen molar-refractivity contribution in [2.24, 2.45) is 11.8 Å². The van der Waals surface area contributed by atoms with Gasteiger partial charge in [0.05, 0.1) is 18.4 Å². The average molecular weight is 308 g/mol. The number of carboxylic acids is 1. The van der Waals surface area contributed by atoms with Crippen LogP contribution in [0.3, 0.4) is 0 Å². The molecule has 0 bridgehead atoms. The summed E-state index contributed by atoms with van der Waals surface area (Å²) in [5.74, 6) is -2.34. The number of aliphatic carboxylic acids is 1. The molecule has 2 rings (SSSR count). The summed E-state index contributed by atoms with van der Waals surface area (Å²) in [6.07, 6.45) is -2.47. The first-order valence-electron chi connectivity index (χ1n) is 7.08. The van der Waals surface area contributed by atoms with E-state index in [4.69, 9.17) is 5.11 Å². The summed E-state index contributed by atoms with van der Waals surface area (Å²) in [4.78, 5) is 26.2. The van der Waals surface area contributed by atoms with Gasteiger partial charge in [0.1, 0.15) is 0 Å². The summed E-state index contributed by atoms with van der Waals surface area (Å²) in [7, 11) is 0. The number of halogens is 3. The fourth-order valence-corrected chi connectivity index (χ4v) is 3.17. The summed E-state index contributed by atoms with van der Waals surface area (Å²) in [6, 6.07) is 0. The van der Waals surface area contributed by atoms with Gasteiger partial charge in [-0.15, -0.1) is 0 Å². The molecule has 2 aliphatic rings. The quantitative estimate of drug-likeness (QED) is 0.851. The molecule has 21 heavy (non-hydrogen) atoms. The van der Waals surface area contributed by atoms with Crippen LogP contribution in [0.1, 0.15) is 19.3 Å². The molecule has 5 nitrogen and oxygen atoms in total. The first-order chi connectivity index (χ1) is 9.78. The summed E-state index contributed by atoms with van der Waals surface area (Å²) >= 11 is 0. The van der Waals surface area contributed by atoms with Crippen molar-refractivity contribution in [2.75, 3.05) is 32.7 Å². The van der Waals surface area contributed by atoms with E-state index in [1.165, 1.54) is 9.80 Å². The van der Waals surface area contributed by atoms with E-state index < -0.39 is 30.5 Å². The Bertz CT molecular complexity index is 406. The van der Waals surface area contributed by atoms with Crippen molar-refractivity contribution in [3.05, 3.63) is 0 Å². The lowest BCUT2D eigenvalue weighted by Crippen LogP contribution is -2.52. The second-order valence-corrected chi connectivity index (χ2v) is 5.70. The van der Waals surface area contributed by atoms with Crippen LogP contribution in [-0.2, 0) is 9.59 Å². The number of rotatable bonds is 3. The van der Waals surface area contributed by atoms with Crippen LogP contribution in [0.2, 0.25) is 0 Å². The Labute approximate surface area is 120 Å². The van der Waals surface area contributed by atoms with Gasteiger partial charge in [0.2, 0.25) is 5.91 Å². The van der Waals surface area contributed by atoms with Crippen LogP contribution in [0.4, 0.5) is 13.2 Å². The maximum atomic E-state index is 12.3. The Morgan fingerprint density at radius 1 is 1.05 bits per heavy atom. The van der Waals surface area contributed by atoms with Crippen molar-refractivity contribution in [2.45, 2.75) is 25.4 Å². The van der Waals surface area contributed by atoms with Crippen LogP contribution < -0.4 is 0 Å². The molecule has 2 atom stereocenters. The van der Waals surface area contributed by atoms with E-state index in [1.807, 2.05) is 0 Å². The number of hydrogen-bond acceptors (Lipinski definition) is 3. The maximum absolute atomic E-state index is 12.3. The number of hydrogen-bond donors (Lipinski definition) is 1. The van der Waals surface area contributed by atoms with Crippen molar-refractivity contribution in [3.63, 3.8) is 0 Å². The second-order valence-electron chi connectivity index (χ2n) is 5.70. The normalized spacial score (nSPS) is 27.9. The predicted octanol–water partition coefficient (Wildman–Crippen LogP) is 1.19. The standard InChI is InChI=1S/C13H19F3N2O3/c14-13(15,16)8-17-4-6-18(7-5-17)11(19)9-2-1-3-10(9)12(20)21/h9-10H,1-8H2,(H,20,21)/t9-,10+/m1/s1. The lowest BCUT2D eigenvalue weighted by molar-refractivity contribution is -0.155. The van der Waals surface area contributed by atoms with E-state index in [0.717, 1.165) is 0 Å². The van der Waals surface area contributed by atoms with Gasteiger partial charge in [0, 0.05) is 26.2 Å². The average Bonchev–Trinajstić information content (AvgIpc) is 2.86. The number of piperazine rings is 1. The zero-order valence-corrected chi connectivity index (χ0v) is 11.6. The van der Waals surface area contributed by atoms with Gasteiger partial charge in [0.25, 0.3) is 0 Å². The van der Waals surface area contributed by atoms with Gasteiger partial charge in [-0.3, -0.25) is 14.5 Å². The Balaban J connectivity index is 1.87. The molecule has 1 N–H and O–H groups in total. The monoisotopic (exact) mass is 308 g/mol. The molecule has 1 saturated carbocycles. The van der Waals surface area contributed by atoms with Gasteiger partial charge < -0.3 is 10.0 Å². The summed E-state index contributed by atoms with van der Waals surface area (Å²) in [6.45, 7) is -0.142. The van der Waals surface area contributed by atoms with Crippen molar-refractivity contribution in [3.8, 4) is 0 Å². The molecule has 1 aliphatic carbocycles. The minimum absolute atomic E-state index is 0.176. The SMILES string of the molecule is O=C(O)[C@H]1CCC[C@H]1C(=O)N1CCN(CC(F)(F)F)CC1. The highest BCUT2D eigenvalue weighted by Gasteiger charge is 2.40. The zero-order chi connectivity index (χ0) is 15.6. The lowest BCUT2D eigenvalue weighted by Gasteiger charge is -2.36. The molecule has 1 saturated heterocycles. The zero-order valence-electron chi connectivity index (χ0n) is 11.6. The summed E-state index contributed by atoms with van der Waals surface area (Å²) in [5, 5.41) is 9.10. The third-order valence-corrected chi connectivity index (χ3v) is 4.24. The number of carboxylic acid groups (broad SMARTS) is 1. The molecule has 0 spiro atoms. The molecular formula is C13H19F3N2O3. The van der Waals surface area contributed by atoms with Crippen LogP contribution in [0.15, 0.2) is 0 Å². The Morgan fingerprint density at radius 3 is 2.14 bits per heavy atom. The molecule has 0 aromatic heterocycles. The van der Waals surface area contributed by atoms with Crippen LogP contribution in [0, 0.1) is 11.8 Å². The topological polar surface area (TPSA) is 60.9 Å². The Kier molecular flexibility index (Phi) is 4.75. The van der Waals surface area contributed by atoms with Crippen molar-refractivity contribution in [1.29, 1.82) is 0 Å². The van der Waals surface area contributed by atoms with Gasteiger partial charge in [-0.25, -0.2) is 0 Å². The molecule has 0 aromatic rings. The molecule has 0 aromatic carbocycles. The highest BCUT2D eigenvalue weighted by Crippen LogP contribution is 2.33. The van der Waals surface area contributed by atoms with Crippen molar-refractivity contribution >= 4 is 11.9 Å². The molecule has 1 heterocycles. The fraction of sp³-hybridized carbons (Fsp3) is 0.846. The highest BCUT2D eigenvalue weighted by molar-refractivity contribution is 5.85. The van der Waals surface area contributed by atoms with E-state index >= 15 is 0 Å². The molecule has 0 unspecified atom stereocenters. The van der Waals surface area contributed by atoms with Gasteiger partial charge >= 0.3 is 12.1 Å². The number of carbonyl (C=O) groups excluding carboxylic acids is 1. The second kappa shape index (κ2) is 6.21. The van der Waals surface area contributed by atoms with Crippen molar-refractivity contribution in [1.82, 2.24) is 9.80 Å². The summed E-state index contributed by atoms with van der Waals surface area (Å²) < 4.78 is 36.9.